The molecule has 0 saturated heterocycles. The fraction of sp³-hybridized carbons (Fsp3) is 0.294. The van der Waals surface area contributed by atoms with Crippen molar-refractivity contribution in [1.29, 1.82) is 0 Å². The van der Waals surface area contributed by atoms with Gasteiger partial charge in [-0.3, -0.25) is 0 Å². The molecule has 96 valence electrons. The van der Waals surface area contributed by atoms with E-state index in [4.69, 9.17) is 4.74 Å². The topological polar surface area (TPSA) is 29.5 Å². The molecule has 1 fully saturated rings. The van der Waals surface area contributed by atoms with Crippen LogP contribution in [0.3, 0.4) is 0 Å². The first-order chi connectivity index (χ1) is 9.20. The van der Waals surface area contributed by atoms with Gasteiger partial charge in [-0.1, -0.05) is 24.3 Å². The van der Waals surface area contributed by atoms with Crippen molar-refractivity contribution in [3.05, 3.63) is 47.5 Å². The van der Waals surface area contributed by atoms with Crippen LogP contribution < -0.4 is 4.74 Å². The summed E-state index contributed by atoms with van der Waals surface area (Å²) in [4.78, 5) is 0. The van der Waals surface area contributed by atoms with Gasteiger partial charge in [-0.15, -0.1) is 0 Å². The van der Waals surface area contributed by atoms with Gasteiger partial charge in [0.05, 0.1) is 6.61 Å². The lowest BCUT2D eigenvalue weighted by atomic mass is 9.88. The molecule has 0 aromatic heterocycles. The van der Waals surface area contributed by atoms with E-state index in [1.165, 1.54) is 29.5 Å². The number of hydrogen-bond acceptors (Lipinski definition) is 2. The molecule has 2 aromatic rings. The molecule has 0 amide bonds. The number of phenolic OH excluding ortho intramolecular Hbond substituents is 1. The van der Waals surface area contributed by atoms with Crippen molar-refractivity contribution in [1.82, 2.24) is 0 Å². The molecule has 0 unspecified atom stereocenters. The van der Waals surface area contributed by atoms with Crippen LogP contribution in [0.15, 0.2) is 36.4 Å². The van der Waals surface area contributed by atoms with Crippen molar-refractivity contribution < 1.29 is 9.84 Å². The molecular weight excluding hydrogens is 236 g/mol. The number of ether oxygens (including phenoxy) is 1. The Labute approximate surface area is 112 Å². The van der Waals surface area contributed by atoms with E-state index in [9.17, 15) is 5.11 Å². The maximum atomic E-state index is 9.43. The number of aryl methyl sites for hydroxylation is 1. The fourth-order valence-electron chi connectivity index (χ4n) is 3.11. The van der Waals surface area contributed by atoms with Gasteiger partial charge in [0.15, 0.2) is 0 Å². The highest BCUT2D eigenvalue weighted by Crippen LogP contribution is 2.59. The molecule has 2 nitrogen and oxygen atoms in total. The highest BCUT2D eigenvalue weighted by molar-refractivity contribution is 5.75. The Morgan fingerprint density at radius 3 is 2.47 bits per heavy atom. The number of aromatic hydroxyl groups is 1. The van der Waals surface area contributed by atoms with Gasteiger partial charge in [-0.25, -0.2) is 0 Å². The highest BCUT2D eigenvalue weighted by Gasteiger charge is 2.52. The van der Waals surface area contributed by atoms with Gasteiger partial charge in [0.1, 0.15) is 11.5 Å². The summed E-state index contributed by atoms with van der Waals surface area (Å²) in [6, 6.07) is 11.8. The zero-order chi connectivity index (χ0) is 13.0. The van der Waals surface area contributed by atoms with E-state index in [2.05, 4.69) is 19.1 Å². The second-order valence-electron chi connectivity index (χ2n) is 5.75. The molecule has 1 spiro atoms. The summed E-state index contributed by atoms with van der Waals surface area (Å²) in [5.41, 5.74) is 5.30. The minimum absolute atomic E-state index is 0.272. The van der Waals surface area contributed by atoms with Crippen LogP contribution >= 0.6 is 0 Å². The lowest BCUT2D eigenvalue weighted by Gasteiger charge is -2.13. The van der Waals surface area contributed by atoms with Gasteiger partial charge >= 0.3 is 0 Å². The Hall–Kier alpha value is -1.96. The zero-order valence-electron chi connectivity index (χ0n) is 10.9. The molecule has 0 radical (unpaired) electrons. The van der Waals surface area contributed by atoms with Crippen LogP contribution in [0.5, 0.6) is 11.5 Å². The Kier molecular flexibility index (Phi) is 2.03. The Morgan fingerprint density at radius 2 is 1.79 bits per heavy atom. The third-order valence-corrected chi connectivity index (χ3v) is 4.41. The molecule has 19 heavy (non-hydrogen) atoms. The predicted octanol–water partition coefficient (Wildman–Crippen LogP) is 3.79. The SMILES string of the molecule is Cc1ccc(-c2ccc(O)cc2)c2c1OCC21CC1. The maximum Gasteiger partial charge on any atom is 0.126 e. The fourth-order valence-corrected chi connectivity index (χ4v) is 3.11. The number of fused-ring (bicyclic) bond motifs is 2. The van der Waals surface area contributed by atoms with Gasteiger partial charge in [0.2, 0.25) is 0 Å². The predicted molar refractivity (Wildman–Crippen MR) is 74.7 cm³/mol. The Balaban J connectivity index is 1.94. The molecule has 1 aliphatic heterocycles. The smallest absolute Gasteiger partial charge is 0.126 e. The number of phenols is 1. The largest absolute Gasteiger partial charge is 0.508 e. The highest BCUT2D eigenvalue weighted by atomic mass is 16.5. The summed E-state index contributed by atoms with van der Waals surface area (Å²) in [7, 11) is 0. The van der Waals surface area contributed by atoms with Crippen molar-refractivity contribution in [2.45, 2.75) is 25.2 Å². The number of hydrogen-bond donors (Lipinski definition) is 1. The van der Waals surface area contributed by atoms with E-state index in [0.717, 1.165) is 17.9 Å². The minimum Gasteiger partial charge on any atom is -0.508 e. The summed E-state index contributed by atoms with van der Waals surface area (Å²) in [6.45, 7) is 2.94. The molecule has 4 rings (SSSR count). The van der Waals surface area contributed by atoms with Gasteiger partial charge in [-0.05, 0) is 48.6 Å². The molecular formula is C17H16O2. The molecule has 0 bridgehead atoms. The molecule has 2 aliphatic rings. The Bertz CT molecular complexity index is 652. The summed E-state index contributed by atoms with van der Waals surface area (Å²) >= 11 is 0. The lowest BCUT2D eigenvalue weighted by molar-refractivity contribution is 0.322. The third kappa shape index (κ3) is 1.49. The Morgan fingerprint density at radius 1 is 1.05 bits per heavy atom. The number of benzene rings is 2. The lowest BCUT2D eigenvalue weighted by Crippen LogP contribution is -2.08. The van der Waals surface area contributed by atoms with Gasteiger partial charge in [0, 0.05) is 11.0 Å². The van der Waals surface area contributed by atoms with E-state index in [-0.39, 0.29) is 5.41 Å². The van der Waals surface area contributed by atoms with Crippen LogP contribution in [-0.4, -0.2) is 11.7 Å². The first-order valence-electron chi connectivity index (χ1n) is 6.76. The molecule has 1 saturated carbocycles. The van der Waals surface area contributed by atoms with Crippen LogP contribution in [0.1, 0.15) is 24.0 Å². The van der Waals surface area contributed by atoms with E-state index in [1.807, 2.05) is 12.1 Å². The van der Waals surface area contributed by atoms with Crippen LogP contribution in [0, 0.1) is 6.92 Å². The van der Waals surface area contributed by atoms with E-state index in [1.54, 1.807) is 12.1 Å². The molecule has 2 aromatic carbocycles. The van der Waals surface area contributed by atoms with E-state index in [0.29, 0.717) is 5.75 Å². The van der Waals surface area contributed by atoms with E-state index >= 15 is 0 Å². The van der Waals surface area contributed by atoms with Crippen LogP contribution in [-0.2, 0) is 5.41 Å². The molecule has 1 N–H and O–H groups in total. The quantitative estimate of drug-likeness (QED) is 0.836. The first-order valence-corrected chi connectivity index (χ1v) is 6.76. The number of rotatable bonds is 1. The van der Waals surface area contributed by atoms with Crippen molar-refractivity contribution in [2.75, 3.05) is 6.61 Å². The molecule has 0 atom stereocenters. The van der Waals surface area contributed by atoms with Crippen molar-refractivity contribution >= 4 is 0 Å². The minimum atomic E-state index is 0.272. The van der Waals surface area contributed by atoms with Crippen molar-refractivity contribution in [3.63, 3.8) is 0 Å². The summed E-state index contributed by atoms with van der Waals surface area (Å²) in [6.07, 6.45) is 2.46. The maximum absolute atomic E-state index is 9.43. The third-order valence-electron chi connectivity index (χ3n) is 4.41. The molecule has 1 aliphatic carbocycles. The average molecular weight is 252 g/mol. The van der Waals surface area contributed by atoms with Crippen molar-refractivity contribution in [2.24, 2.45) is 0 Å². The van der Waals surface area contributed by atoms with Crippen LogP contribution in [0.2, 0.25) is 0 Å². The summed E-state index contributed by atoms with van der Waals surface area (Å²) in [5.74, 6) is 1.40. The van der Waals surface area contributed by atoms with Crippen molar-refractivity contribution in [3.8, 4) is 22.6 Å². The average Bonchev–Trinajstić information content (AvgIpc) is 3.08. The first kappa shape index (κ1) is 10.9. The van der Waals surface area contributed by atoms with Gasteiger partial charge < -0.3 is 9.84 Å². The van der Waals surface area contributed by atoms with Gasteiger partial charge in [0.25, 0.3) is 0 Å². The summed E-state index contributed by atoms with van der Waals surface area (Å²) in [5, 5.41) is 9.43. The van der Waals surface area contributed by atoms with Crippen LogP contribution in [0.25, 0.3) is 11.1 Å². The zero-order valence-corrected chi connectivity index (χ0v) is 10.9. The summed E-state index contributed by atoms with van der Waals surface area (Å²) < 4.78 is 5.94. The monoisotopic (exact) mass is 252 g/mol. The normalized spacial score (nSPS) is 18.2. The molecule has 2 heteroatoms. The second-order valence-corrected chi connectivity index (χ2v) is 5.75. The standard InChI is InChI=1S/C17H16O2/c1-11-2-7-14(12-3-5-13(18)6-4-12)15-16(11)19-10-17(15)8-9-17/h2-7,18H,8-10H2,1H3. The second kappa shape index (κ2) is 3.53. The van der Waals surface area contributed by atoms with Crippen LogP contribution in [0.4, 0.5) is 0 Å². The van der Waals surface area contributed by atoms with E-state index < -0.39 is 0 Å². The van der Waals surface area contributed by atoms with Gasteiger partial charge in [-0.2, -0.15) is 0 Å². The molecule has 1 heterocycles.